The summed E-state index contributed by atoms with van der Waals surface area (Å²) in [5, 5.41) is 20.6. The van der Waals surface area contributed by atoms with E-state index in [2.05, 4.69) is 10.2 Å². The zero-order valence-corrected chi connectivity index (χ0v) is 13.5. The quantitative estimate of drug-likeness (QED) is 0.542. The van der Waals surface area contributed by atoms with Crippen LogP contribution in [0.3, 0.4) is 0 Å². The highest BCUT2D eigenvalue weighted by molar-refractivity contribution is 6.40. The zero-order chi connectivity index (χ0) is 16.6. The summed E-state index contributed by atoms with van der Waals surface area (Å²) in [6.07, 6.45) is 0. The first kappa shape index (κ1) is 15.3. The second-order valence-corrected chi connectivity index (χ2v) is 5.82. The Morgan fingerprint density at radius 3 is 2.22 bits per heavy atom. The van der Waals surface area contributed by atoms with Crippen LogP contribution in [0.2, 0.25) is 0 Å². The van der Waals surface area contributed by atoms with Crippen LogP contribution < -0.4 is 5.46 Å². The van der Waals surface area contributed by atoms with E-state index in [1.54, 1.807) is 0 Å². The molecule has 0 amide bonds. The van der Waals surface area contributed by atoms with E-state index in [0.29, 0.717) is 16.5 Å². The minimum atomic E-state index is 0.113. The van der Waals surface area contributed by atoms with E-state index in [0.717, 1.165) is 22.2 Å². The monoisotopic (exact) mass is 300 g/mol. The Hall–Kier alpha value is -2.62. The van der Waals surface area contributed by atoms with Crippen molar-refractivity contribution in [1.29, 1.82) is 0 Å². The van der Waals surface area contributed by atoms with Gasteiger partial charge in [-0.05, 0) is 49.9 Å². The minimum absolute atomic E-state index is 0.113. The van der Waals surface area contributed by atoms with Crippen LogP contribution in [0.4, 0.5) is 11.4 Å². The lowest BCUT2D eigenvalue weighted by atomic mass is 9.85. The van der Waals surface area contributed by atoms with Gasteiger partial charge >= 0.3 is 0 Å². The van der Waals surface area contributed by atoms with Gasteiger partial charge in [0.15, 0.2) is 5.75 Å². The number of hydrogen-bond acceptors (Lipinski definition) is 3. The van der Waals surface area contributed by atoms with Gasteiger partial charge in [0.25, 0.3) is 0 Å². The fourth-order valence-corrected chi connectivity index (χ4v) is 2.55. The highest BCUT2D eigenvalue weighted by atomic mass is 16.3. The molecule has 23 heavy (non-hydrogen) atoms. The highest BCUT2D eigenvalue weighted by Crippen LogP contribution is 2.38. The van der Waals surface area contributed by atoms with Crippen LogP contribution in [-0.4, -0.2) is 13.0 Å². The van der Waals surface area contributed by atoms with Crippen LogP contribution in [0, 0.1) is 20.8 Å². The van der Waals surface area contributed by atoms with Crippen LogP contribution in [0.5, 0.6) is 5.75 Å². The molecule has 2 radical (unpaired) electrons. The zero-order valence-electron chi connectivity index (χ0n) is 13.5. The number of hydrogen-bond donors (Lipinski definition) is 1. The molecule has 0 saturated heterocycles. The molecular weight excluding hydrogens is 283 g/mol. The van der Waals surface area contributed by atoms with Gasteiger partial charge in [0.2, 0.25) is 0 Å². The average Bonchev–Trinajstić information content (AvgIpc) is 2.53. The molecule has 112 valence electrons. The molecule has 0 aliphatic heterocycles. The van der Waals surface area contributed by atoms with E-state index in [1.165, 1.54) is 5.56 Å². The van der Waals surface area contributed by atoms with Gasteiger partial charge < -0.3 is 5.11 Å². The molecular formula is C19H17BN2O. The number of phenols is 1. The number of benzene rings is 3. The Kier molecular flexibility index (Phi) is 3.91. The van der Waals surface area contributed by atoms with Gasteiger partial charge in [0.1, 0.15) is 13.5 Å². The molecule has 0 fully saturated rings. The Morgan fingerprint density at radius 2 is 1.52 bits per heavy atom. The molecule has 0 bridgehead atoms. The maximum atomic E-state index is 10.6. The topological polar surface area (TPSA) is 45.0 Å². The van der Waals surface area contributed by atoms with Gasteiger partial charge in [0, 0.05) is 5.39 Å². The summed E-state index contributed by atoms with van der Waals surface area (Å²) in [7, 11) is 6.12. The Balaban J connectivity index is 2.11. The van der Waals surface area contributed by atoms with Gasteiger partial charge in [-0.1, -0.05) is 40.9 Å². The molecule has 0 aliphatic rings. The summed E-state index contributed by atoms with van der Waals surface area (Å²) >= 11 is 0. The fraction of sp³-hybridized carbons (Fsp3) is 0.158. The van der Waals surface area contributed by atoms with Crippen molar-refractivity contribution in [2.45, 2.75) is 20.8 Å². The second-order valence-electron chi connectivity index (χ2n) is 5.82. The minimum Gasteiger partial charge on any atom is -0.505 e. The molecule has 3 aromatic carbocycles. The van der Waals surface area contributed by atoms with Crippen LogP contribution in [-0.2, 0) is 0 Å². The molecule has 0 unspecified atom stereocenters. The van der Waals surface area contributed by atoms with Crippen molar-refractivity contribution in [3.8, 4) is 5.75 Å². The third-order valence-corrected chi connectivity index (χ3v) is 4.02. The third-order valence-electron chi connectivity index (χ3n) is 4.02. The first-order chi connectivity index (χ1) is 11.0. The number of aromatic hydroxyl groups is 1. The molecule has 0 heterocycles. The number of azo groups is 1. The molecule has 3 nitrogen and oxygen atoms in total. The van der Waals surface area contributed by atoms with Gasteiger partial charge in [-0.15, -0.1) is 5.11 Å². The van der Waals surface area contributed by atoms with Crippen molar-refractivity contribution in [2.75, 3.05) is 0 Å². The smallest absolute Gasteiger partial charge is 0.151 e. The average molecular weight is 300 g/mol. The molecule has 0 spiro atoms. The van der Waals surface area contributed by atoms with Crippen molar-refractivity contribution in [1.82, 2.24) is 0 Å². The standard InChI is InChI=1S/C19H17BN2O/c1-11-4-7-14(8-5-11)21-22-18-13(3)10-16-15(19(18)23)9-6-12(2)17(16)20/h4-10,23H,1-3H3. The first-order valence-corrected chi connectivity index (χ1v) is 7.47. The number of aryl methyl sites for hydroxylation is 3. The summed E-state index contributed by atoms with van der Waals surface area (Å²) in [5.41, 5.74) is 4.90. The number of phenolic OH excluding ortho intramolecular Hbond substituents is 1. The second kappa shape index (κ2) is 5.88. The third kappa shape index (κ3) is 2.84. The maximum Gasteiger partial charge on any atom is 0.151 e. The summed E-state index contributed by atoms with van der Waals surface area (Å²) in [4.78, 5) is 0. The summed E-state index contributed by atoms with van der Waals surface area (Å²) in [6, 6.07) is 13.5. The normalized spacial score (nSPS) is 11.4. The predicted octanol–water partition coefficient (Wildman–Crippen LogP) is 4.68. The number of rotatable bonds is 2. The molecule has 4 heteroatoms. The van der Waals surface area contributed by atoms with E-state index in [9.17, 15) is 5.11 Å². The lowest BCUT2D eigenvalue weighted by molar-refractivity contribution is 0.482. The number of fused-ring (bicyclic) bond motifs is 1. The van der Waals surface area contributed by atoms with Crippen molar-refractivity contribution >= 4 is 35.5 Å². The Labute approximate surface area is 137 Å². The highest BCUT2D eigenvalue weighted by Gasteiger charge is 2.12. The summed E-state index contributed by atoms with van der Waals surface area (Å²) in [6.45, 7) is 5.86. The largest absolute Gasteiger partial charge is 0.505 e. The van der Waals surface area contributed by atoms with Crippen LogP contribution in [0.25, 0.3) is 10.8 Å². The van der Waals surface area contributed by atoms with E-state index in [1.807, 2.05) is 63.2 Å². The van der Waals surface area contributed by atoms with Crippen LogP contribution >= 0.6 is 0 Å². The van der Waals surface area contributed by atoms with Crippen molar-refractivity contribution in [3.05, 3.63) is 59.2 Å². The van der Waals surface area contributed by atoms with E-state index < -0.39 is 0 Å². The molecule has 0 aliphatic carbocycles. The SMILES string of the molecule is [B]c1c(C)ccc2c(O)c(N=Nc3ccc(C)cc3)c(C)cc12. The van der Waals surface area contributed by atoms with E-state index in [4.69, 9.17) is 7.85 Å². The van der Waals surface area contributed by atoms with Crippen molar-refractivity contribution in [3.63, 3.8) is 0 Å². The Bertz CT molecular complexity index is 915. The fourth-order valence-electron chi connectivity index (χ4n) is 2.55. The van der Waals surface area contributed by atoms with Gasteiger partial charge in [-0.25, -0.2) is 0 Å². The first-order valence-electron chi connectivity index (χ1n) is 7.47. The summed E-state index contributed by atoms with van der Waals surface area (Å²) in [5.74, 6) is 0.113. The Morgan fingerprint density at radius 1 is 0.826 bits per heavy atom. The van der Waals surface area contributed by atoms with Crippen LogP contribution in [0.15, 0.2) is 52.7 Å². The lowest BCUT2D eigenvalue weighted by Crippen LogP contribution is -2.08. The van der Waals surface area contributed by atoms with Gasteiger partial charge in [0.05, 0.1) is 5.69 Å². The molecule has 0 saturated carbocycles. The van der Waals surface area contributed by atoms with Crippen molar-refractivity contribution in [2.24, 2.45) is 10.2 Å². The number of nitrogens with zero attached hydrogens (tertiary/aromatic N) is 2. The molecule has 3 rings (SSSR count). The molecule has 3 aromatic rings. The van der Waals surface area contributed by atoms with Crippen molar-refractivity contribution < 1.29 is 5.11 Å². The maximum absolute atomic E-state index is 10.6. The van der Waals surface area contributed by atoms with Gasteiger partial charge in [-0.2, -0.15) is 5.11 Å². The molecule has 1 N–H and O–H groups in total. The van der Waals surface area contributed by atoms with E-state index >= 15 is 0 Å². The molecule has 0 aromatic heterocycles. The molecule has 0 atom stereocenters. The predicted molar refractivity (Wildman–Crippen MR) is 95.8 cm³/mol. The van der Waals surface area contributed by atoms with Gasteiger partial charge in [-0.3, -0.25) is 0 Å². The summed E-state index contributed by atoms with van der Waals surface area (Å²) < 4.78 is 0. The van der Waals surface area contributed by atoms with E-state index in [-0.39, 0.29) is 5.75 Å². The lowest BCUT2D eigenvalue weighted by Gasteiger charge is -2.11. The van der Waals surface area contributed by atoms with Crippen LogP contribution in [0.1, 0.15) is 16.7 Å².